The minimum Gasteiger partial charge on any atom is -0.497 e. The Bertz CT molecular complexity index is 985. The summed E-state index contributed by atoms with van der Waals surface area (Å²) in [6, 6.07) is 7.98. The number of methoxy groups -OCH3 is 1. The summed E-state index contributed by atoms with van der Waals surface area (Å²) < 4.78 is 14.0. The molecule has 1 aromatic carbocycles. The molecule has 0 saturated carbocycles. The molecule has 4 rings (SSSR count). The quantitative estimate of drug-likeness (QED) is 0.690. The Balaban J connectivity index is 1.63. The van der Waals surface area contributed by atoms with Crippen LogP contribution < -0.4 is 10.3 Å². The van der Waals surface area contributed by atoms with Gasteiger partial charge in [-0.3, -0.25) is 9.36 Å². The molecule has 0 spiro atoms. The number of rotatable bonds is 5. The fraction of sp³-hybridized carbons (Fsp3) is 0.450. The van der Waals surface area contributed by atoms with Crippen LogP contribution in [0.5, 0.6) is 5.75 Å². The SMILES string of the molecule is COc1ccc(CCc2nn3c(C4CCOCC4)ncc3c(=O)n2C)cc1. The Labute approximate surface area is 157 Å². The van der Waals surface area contributed by atoms with Crippen molar-refractivity contribution in [1.29, 1.82) is 0 Å². The standard InChI is InChI=1S/C20H24N4O3/c1-23-18(8-5-14-3-6-16(26-2)7-4-14)22-24-17(20(23)25)13-21-19(24)15-9-11-27-12-10-15/h3-4,6-7,13,15H,5,8-12H2,1-2H3. The zero-order valence-electron chi connectivity index (χ0n) is 15.7. The van der Waals surface area contributed by atoms with Gasteiger partial charge in [0.05, 0.1) is 13.3 Å². The van der Waals surface area contributed by atoms with Gasteiger partial charge < -0.3 is 9.47 Å². The highest BCUT2D eigenvalue weighted by molar-refractivity contribution is 5.43. The second kappa shape index (κ2) is 7.52. The molecule has 1 aliphatic rings. The summed E-state index contributed by atoms with van der Waals surface area (Å²) in [5.41, 5.74) is 1.66. The van der Waals surface area contributed by atoms with Crippen LogP contribution in [-0.4, -0.2) is 39.5 Å². The number of imidazole rings is 1. The summed E-state index contributed by atoms with van der Waals surface area (Å²) in [4.78, 5) is 17.3. The number of aryl methyl sites for hydroxylation is 2. The predicted octanol–water partition coefficient (Wildman–Crippen LogP) is 2.12. The number of hydrogen-bond acceptors (Lipinski definition) is 5. The van der Waals surface area contributed by atoms with E-state index in [0.717, 1.165) is 49.9 Å². The number of benzene rings is 1. The molecule has 1 saturated heterocycles. The van der Waals surface area contributed by atoms with Crippen LogP contribution in [0.1, 0.15) is 36.0 Å². The molecule has 1 aliphatic heterocycles. The van der Waals surface area contributed by atoms with Gasteiger partial charge in [0.2, 0.25) is 0 Å². The third kappa shape index (κ3) is 3.47. The minimum absolute atomic E-state index is 0.0551. The highest BCUT2D eigenvalue weighted by atomic mass is 16.5. The first kappa shape index (κ1) is 17.7. The van der Waals surface area contributed by atoms with E-state index in [2.05, 4.69) is 4.98 Å². The average Bonchev–Trinajstić information content (AvgIpc) is 3.14. The topological polar surface area (TPSA) is 70.7 Å². The monoisotopic (exact) mass is 368 g/mol. The zero-order chi connectivity index (χ0) is 18.8. The van der Waals surface area contributed by atoms with Gasteiger partial charge in [-0.25, -0.2) is 9.50 Å². The van der Waals surface area contributed by atoms with Crippen molar-refractivity contribution < 1.29 is 9.47 Å². The van der Waals surface area contributed by atoms with Crippen LogP contribution in [0.4, 0.5) is 0 Å². The molecule has 0 bridgehead atoms. The van der Waals surface area contributed by atoms with Gasteiger partial charge in [-0.1, -0.05) is 12.1 Å². The molecule has 7 nitrogen and oxygen atoms in total. The Morgan fingerprint density at radius 1 is 1.19 bits per heavy atom. The molecule has 3 heterocycles. The Morgan fingerprint density at radius 2 is 1.93 bits per heavy atom. The van der Waals surface area contributed by atoms with E-state index in [-0.39, 0.29) is 11.5 Å². The Kier molecular flexibility index (Phi) is 4.94. The fourth-order valence-corrected chi connectivity index (χ4v) is 3.58. The molecule has 0 radical (unpaired) electrons. The summed E-state index contributed by atoms with van der Waals surface area (Å²) in [7, 11) is 3.44. The highest BCUT2D eigenvalue weighted by Crippen LogP contribution is 2.25. The second-order valence-electron chi connectivity index (χ2n) is 6.93. The largest absolute Gasteiger partial charge is 0.497 e. The van der Waals surface area contributed by atoms with E-state index in [1.807, 2.05) is 24.3 Å². The van der Waals surface area contributed by atoms with Crippen LogP contribution >= 0.6 is 0 Å². The molecule has 0 aliphatic carbocycles. The number of ether oxygens (including phenoxy) is 2. The first-order chi connectivity index (χ1) is 13.2. The Morgan fingerprint density at radius 3 is 2.63 bits per heavy atom. The van der Waals surface area contributed by atoms with Gasteiger partial charge in [0.1, 0.15) is 17.4 Å². The number of fused-ring (bicyclic) bond motifs is 1. The molecule has 2 aromatic heterocycles. The van der Waals surface area contributed by atoms with Crippen LogP contribution in [0.25, 0.3) is 5.52 Å². The molecule has 3 aromatic rings. The van der Waals surface area contributed by atoms with Gasteiger partial charge in [-0.05, 0) is 37.0 Å². The second-order valence-corrected chi connectivity index (χ2v) is 6.93. The maximum absolute atomic E-state index is 12.8. The van der Waals surface area contributed by atoms with Crippen molar-refractivity contribution in [2.24, 2.45) is 7.05 Å². The summed E-state index contributed by atoms with van der Waals surface area (Å²) >= 11 is 0. The number of nitrogens with zero attached hydrogens (tertiary/aromatic N) is 4. The van der Waals surface area contributed by atoms with Crippen LogP contribution in [-0.2, 0) is 24.6 Å². The predicted molar refractivity (Wildman–Crippen MR) is 101 cm³/mol. The third-order valence-electron chi connectivity index (χ3n) is 5.27. The third-order valence-corrected chi connectivity index (χ3v) is 5.27. The number of hydrogen-bond donors (Lipinski definition) is 0. The van der Waals surface area contributed by atoms with Gasteiger partial charge in [0.15, 0.2) is 5.52 Å². The van der Waals surface area contributed by atoms with Crippen molar-refractivity contribution in [3.8, 4) is 5.75 Å². The van der Waals surface area contributed by atoms with Gasteiger partial charge in [-0.15, -0.1) is 0 Å². The van der Waals surface area contributed by atoms with E-state index in [1.165, 1.54) is 5.56 Å². The zero-order valence-corrected chi connectivity index (χ0v) is 15.7. The van der Waals surface area contributed by atoms with Crippen molar-refractivity contribution in [2.45, 2.75) is 31.6 Å². The number of aromatic nitrogens is 4. The van der Waals surface area contributed by atoms with Crippen molar-refractivity contribution in [3.05, 3.63) is 58.0 Å². The molecule has 0 N–H and O–H groups in total. The molecule has 0 unspecified atom stereocenters. The molecule has 7 heteroatoms. The summed E-state index contributed by atoms with van der Waals surface area (Å²) in [6.07, 6.45) is 4.96. The molecular weight excluding hydrogens is 344 g/mol. The van der Waals surface area contributed by atoms with E-state index in [9.17, 15) is 4.79 Å². The van der Waals surface area contributed by atoms with Crippen LogP contribution in [0.15, 0.2) is 35.3 Å². The van der Waals surface area contributed by atoms with Gasteiger partial charge >= 0.3 is 0 Å². The van der Waals surface area contributed by atoms with E-state index in [0.29, 0.717) is 11.9 Å². The maximum Gasteiger partial charge on any atom is 0.279 e. The highest BCUT2D eigenvalue weighted by Gasteiger charge is 2.22. The molecular formula is C20H24N4O3. The van der Waals surface area contributed by atoms with Crippen LogP contribution in [0.3, 0.4) is 0 Å². The average molecular weight is 368 g/mol. The van der Waals surface area contributed by atoms with E-state index in [1.54, 1.807) is 29.4 Å². The Hall–Kier alpha value is -2.67. The lowest BCUT2D eigenvalue weighted by molar-refractivity contribution is 0.0832. The lowest BCUT2D eigenvalue weighted by Crippen LogP contribution is -2.26. The molecule has 27 heavy (non-hydrogen) atoms. The summed E-state index contributed by atoms with van der Waals surface area (Å²) in [5.74, 6) is 2.76. The lowest BCUT2D eigenvalue weighted by atomic mass is 10.00. The van der Waals surface area contributed by atoms with Gasteiger partial charge in [-0.2, -0.15) is 5.10 Å². The van der Waals surface area contributed by atoms with E-state index < -0.39 is 0 Å². The first-order valence-corrected chi connectivity index (χ1v) is 9.31. The summed E-state index contributed by atoms with van der Waals surface area (Å²) in [6.45, 7) is 1.46. The molecule has 1 fully saturated rings. The summed E-state index contributed by atoms with van der Waals surface area (Å²) in [5, 5.41) is 4.77. The van der Waals surface area contributed by atoms with Crippen LogP contribution in [0.2, 0.25) is 0 Å². The van der Waals surface area contributed by atoms with Gasteiger partial charge in [0.25, 0.3) is 5.56 Å². The van der Waals surface area contributed by atoms with Crippen molar-refractivity contribution in [3.63, 3.8) is 0 Å². The molecule has 0 amide bonds. The van der Waals surface area contributed by atoms with Crippen molar-refractivity contribution >= 4 is 5.52 Å². The van der Waals surface area contributed by atoms with Crippen molar-refractivity contribution in [2.75, 3.05) is 20.3 Å². The first-order valence-electron chi connectivity index (χ1n) is 9.31. The van der Waals surface area contributed by atoms with Gasteiger partial charge in [0, 0.05) is 32.6 Å². The lowest BCUT2D eigenvalue weighted by Gasteiger charge is -2.20. The van der Waals surface area contributed by atoms with E-state index >= 15 is 0 Å². The normalized spacial score (nSPS) is 15.3. The molecule has 0 atom stereocenters. The van der Waals surface area contributed by atoms with E-state index in [4.69, 9.17) is 14.6 Å². The smallest absolute Gasteiger partial charge is 0.279 e. The fourth-order valence-electron chi connectivity index (χ4n) is 3.58. The van der Waals surface area contributed by atoms with Crippen molar-refractivity contribution in [1.82, 2.24) is 19.2 Å². The maximum atomic E-state index is 12.8. The molecule has 142 valence electrons. The van der Waals surface area contributed by atoms with Crippen LogP contribution in [0, 0.1) is 0 Å². The minimum atomic E-state index is -0.0551.